The highest BCUT2D eigenvalue weighted by atomic mass is 35.5. The van der Waals surface area contributed by atoms with Crippen molar-refractivity contribution in [3.8, 4) is 0 Å². The number of rotatable bonds is 3. The summed E-state index contributed by atoms with van der Waals surface area (Å²) in [6.07, 6.45) is 0.989. The van der Waals surface area contributed by atoms with Crippen LogP contribution in [0, 0.1) is 0 Å². The van der Waals surface area contributed by atoms with Gasteiger partial charge in [-0.3, -0.25) is 0 Å². The predicted octanol–water partition coefficient (Wildman–Crippen LogP) is 1.87. The highest BCUT2D eigenvalue weighted by Crippen LogP contribution is 2.22. The number of pyridine rings is 1. The Bertz CT molecular complexity index is 291. The van der Waals surface area contributed by atoms with Crippen molar-refractivity contribution in [2.24, 2.45) is 5.73 Å². The van der Waals surface area contributed by atoms with Crippen LogP contribution in [0.25, 0.3) is 0 Å². The molecule has 1 aromatic heterocycles. The average Bonchev–Trinajstić information content (AvgIpc) is 2.09. The molecule has 1 aromatic rings. The van der Waals surface area contributed by atoms with Gasteiger partial charge in [0.15, 0.2) is 0 Å². The largest absolute Gasteiger partial charge is 0.325 e. The van der Waals surface area contributed by atoms with Crippen molar-refractivity contribution in [1.82, 2.24) is 4.98 Å². The summed E-state index contributed by atoms with van der Waals surface area (Å²) in [7, 11) is 0. The lowest BCUT2D eigenvalue weighted by atomic mass is 10.1. The van der Waals surface area contributed by atoms with Crippen LogP contribution in [0.15, 0.2) is 18.3 Å². The maximum Gasteiger partial charge on any atom is 0.264 e. The Morgan fingerprint density at radius 1 is 1.54 bits per heavy atom. The minimum Gasteiger partial charge on any atom is -0.325 e. The molecule has 2 nitrogen and oxygen atoms in total. The van der Waals surface area contributed by atoms with E-state index in [-0.39, 0.29) is 5.15 Å². The van der Waals surface area contributed by atoms with Gasteiger partial charge in [-0.25, -0.2) is 13.8 Å². The number of hydrogen-bond acceptors (Lipinski definition) is 2. The van der Waals surface area contributed by atoms with Crippen molar-refractivity contribution in [2.45, 2.75) is 12.3 Å². The average molecular weight is 207 g/mol. The van der Waals surface area contributed by atoms with Gasteiger partial charge in [0.05, 0.1) is 6.54 Å². The lowest BCUT2D eigenvalue weighted by molar-refractivity contribution is 0.0114. The van der Waals surface area contributed by atoms with Crippen molar-refractivity contribution in [3.63, 3.8) is 0 Å². The maximum absolute atomic E-state index is 12.8. The van der Waals surface area contributed by atoms with E-state index < -0.39 is 18.9 Å². The molecule has 2 N–H and O–H groups in total. The van der Waals surface area contributed by atoms with E-state index in [1.165, 1.54) is 12.3 Å². The molecule has 0 bridgehead atoms. The zero-order valence-electron chi connectivity index (χ0n) is 6.80. The second-order valence-corrected chi connectivity index (χ2v) is 3.05. The first-order chi connectivity index (χ1) is 6.05. The van der Waals surface area contributed by atoms with E-state index in [1.807, 2.05) is 0 Å². The van der Waals surface area contributed by atoms with Crippen LogP contribution in [0.1, 0.15) is 5.56 Å². The molecule has 0 atom stereocenters. The molecule has 0 amide bonds. The van der Waals surface area contributed by atoms with Gasteiger partial charge in [-0.15, -0.1) is 0 Å². The van der Waals surface area contributed by atoms with Gasteiger partial charge in [-0.2, -0.15) is 0 Å². The van der Waals surface area contributed by atoms with Crippen molar-refractivity contribution in [3.05, 3.63) is 29.0 Å². The molecule has 0 saturated carbocycles. The Morgan fingerprint density at radius 3 is 2.77 bits per heavy atom. The lowest BCUT2D eigenvalue weighted by Crippen LogP contribution is -2.30. The summed E-state index contributed by atoms with van der Waals surface area (Å²) in [4.78, 5) is 3.69. The third-order valence-corrected chi connectivity index (χ3v) is 1.92. The Kier molecular flexibility index (Phi) is 3.17. The Hall–Kier alpha value is -0.740. The van der Waals surface area contributed by atoms with E-state index in [4.69, 9.17) is 17.3 Å². The molecule has 0 saturated heterocycles. The van der Waals surface area contributed by atoms with E-state index in [9.17, 15) is 8.78 Å². The molecule has 0 radical (unpaired) electrons. The Labute approximate surface area is 79.7 Å². The van der Waals surface area contributed by atoms with Gasteiger partial charge < -0.3 is 5.73 Å². The molecule has 0 aliphatic rings. The highest BCUT2D eigenvalue weighted by Gasteiger charge is 2.28. The molecule has 0 unspecified atom stereocenters. The van der Waals surface area contributed by atoms with E-state index in [0.29, 0.717) is 5.56 Å². The Morgan fingerprint density at radius 2 is 2.23 bits per heavy atom. The van der Waals surface area contributed by atoms with Crippen LogP contribution in [-0.4, -0.2) is 17.5 Å². The van der Waals surface area contributed by atoms with Crippen LogP contribution < -0.4 is 5.73 Å². The minimum atomic E-state index is -2.91. The van der Waals surface area contributed by atoms with Crippen LogP contribution in [-0.2, 0) is 6.42 Å². The third-order valence-electron chi connectivity index (χ3n) is 1.58. The first kappa shape index (κ1) is 10.3. The van der Waals surface area contributed by atoms with Crippen LogP contribution in [0.3, 0.4) is 0 Å². The summed E-state index contributed by atoms with van der Waals surface area (Å²) in [6, 6.07) is 3.08. The van der Waals surface area contributed by atoms with E-state index in [1.54, 1.807) is 6.07 Å². The zero-order valence-corrected chi connectivity index (χ0v) is 7.56. The molecule has 1 rings (SSSR count). The monoisotopic (exact) mass is 206 g/mol. The fourth-order valence-corrected chi connectivity index (χ4v) is 1.09. The summed E-state index contributed by atoms with van der Waals surface area (Å²) in [5.74, 6) is -2.91. The quantitative estimate of drug-likeness (QED) is 0.767. The number of alkyl halides is 2. The van der Waals surface area contributed by atoms with Crippen molar-refractivity contribution >= 4 is 11.6 Å². The van der Waals surface area contributed by atoms with Gasteiger partial charge >= 0.3 is 0 Å². The molecule has 0 aromatic carbocycles. The molecule has 0 aliphatic heterocycles. The first-order valence-corrected chi connectivity index (χ1v) is 4.10. The van der Waals surface area contributed by atoms with Gasteiger partial charge in [0.1, 0.15) is 5.15 Å². The second-order valence-electron chi connectivity index (χ2n) is 2.69. The predicted molar refractivity (Wildman–Crippen MR) is 47.0 cm³/mol. The first-order valence-electron chi connectivity index (χ1n) is 3.72. The van der Waals surface area contributed by atoms with Crippen molar-refractivity contribution in [2.75, 3.05) is 6.54 Å². The number of nitrogens with two attached hydrogens (primary N) is 1. The molecular weight excluding hydrogens is 198 g/mol. The van der Waals surface area contributed by atoms with E-state index in [2.05, 4.69) is 4.98 Å². The van der Waals surface area contributed by atoms with Crippen LogP contribution in [0.4, 0.5) is 8.78 Å². The normalized spacial score (nSPS) is 11.7. The number of halogens is 3. The van der Waals surface area contributed by atoms with Gasteiger partial charge in [-0.05, 0) is 11.6 Å². The number of nitrogens with zero attached hydrogens (tertiary/aromatic N) is 1. The van der Waals surface area contributed by atoms with Gasteiger partial charge in [-0.1, -0.05) is 17.7 Å². The van der Waals surface area contributed by atoms with Gasteiger partial charge in [0, 0.05) is 12.6 Å². The summed E-state index contributed by atoms with van der Waals surface area (Å²) in [5.41, 5.74) is 5.21. The third kappa shape index (κ3) is 2.90. The summed E-state index contributed by atoms with van der Waals surface area (Å²) < 4.78 is 25.6. The standard InChI is InChI=1S/C8H9ClF2N2/c9-7-6(2-1-3-13-7)4-8(10,11)5-12/h1-3H,4-5,12H2. The minimum absolute atomic E-state index is 0.107. The lowest BCUT2D eigenvalue weighted by Gasteiger charge is -2.13. The smallest absolute Gasteiger partial charge is 0.264 e. The van der Waals surface area contributed by atoms with Crippen molar-refractivity contribution in [1.29, 1.82) is 0 Å². The van der Waals surface area contributed by atoms with Gasteiger partial charge in [0.25, 0.3) is 5.92 Å². The molecule has 72 valence electrons. The number of hydrogen-bond donors (Lipinski definition) is 1. The molecule has 1 heterocycles. The molecule has 13 heavy (non-hydrogen) atoms. The fraction of sp³-hybridized carbons (Fsp3) is 0.375. The summed E-state index contributed by atoms with van der Waals surface area (Å²) in [6.45, 7) is -0.682. The zero-order chi connectivity index (χ0) is 9.90. The van der Waals surface area contributed by atoms with Crippen LogP contribution in [0.2, 0.25) is 5.15 Å². The maximum atomic E-state index is 12.8. The molecular formula is C8H9ClF2N2. The molecule has 5 heteroatoms. The summed E-state index contributed by atoms with van der Waals surface area (Å²) in [5, 5.41) is 0.107. The fourth-order valence-electron chi connectivity index (χ4n) is 0.902. The number of aromatic nitrogens is 1. The summed E-state index contributed by atoms with van der Waals surface area (Å²) >= 11 is 5.60. The van der Waals surface area contributed by atoms with Crippen molar-refractivity contribution < 1.29 is 8.78 Å². The molecule has 0 spiro atoms. The van der Waals surface area contributed by atoms with E-state index >= 15 is 0 Å². The van der Waals surface area contributed by atoms with Crippen LogP contribution >= 0.6 is 11.6 Å². The van der Waals surface area contributed by atoms with Crippen LogP contribution in [0.5, 0.6) is 0 Å². The molecule has 0 aliphatic carbocycles. The van der Waals surface area contributed by atoms with Gasteiger partial charge in [0.2, 0.25) is 0 Å². The highest BCUT2D eigenvalue weighted by molar-refractivity contribution is 6.30. The van der Waals surface area contributed by atoms with E-state index in [0.717, 1.165) is 0 Å². The SMILES string of the molecule is NCC(F)(F)Cc1cccnc1Cl. The molecule has 0 fully saturated rings. The topological polar surface area (TPSA) is 38.9 Å². The Balaban J connectivity index is 2.80. The second kappa shape index (κ2) is 3.98.